The van der Waals surface area contributed by atoms with Gasteiger partial charge in [0, 0.05) is 11.9 Å². The summed E-state index contributed by atoms with van der Waals surface area (Å²) in [6, 6.07) is 1.68. The molecule has 0 amide bonds. The molecule has 2 heterocycles. The summed E-state index contributed by atoms with van der Waals surface area (Å²) in [5, 5.41) is 2.47. The lowest BCUT2D eigenvalue weighted by Crippen LogP contribution is -2.06. The Bertz CT molecular complexity index is 322. The van der Waals surface area contributed by atoms with E-state index in [1.165, 1.54) is 11.3 Å². The van der Waals surface area contributed by atoms with Crippen LogP contribution in [0.2, 0.25) is 4.34 Å². The number of fused-ring (bicyclic) bond motifs is 1. The fraction of sp³-hybridized carbons (Fsp3) is 0. The molecule has 0 bridgehead atoms. The number of nitrogens with one attached hydrogen (secondary N) is 1. The second kappa shape index (κ2) is 2.66. The van der Waals surface area contributed by atoms with Gasteiger partial charge >= 0.3 is 0 Å². The van der Waals surface area contributed by atoms with Crippen molar-refractivity contribution in [2.24, 2.45) is 4.40 Å². The number of hydrogen-bond donors (Lipinski definition) is 1. The predicted octanol–water partition coefficient (Wildman–Crippen LogP) is 3.16. The van der Waals surface area contributed by atoms with Crippen LogP contribution in [-0.2, 0) is 0 Å². The fourth-order valence-electron chi connectivity index (χ4n) is 0.716. The van der Waals surface area contributed by atoms with Crippen LogP contribution in [0.25, 0.3) is 0 Å². The molecule has 0 saturated carbocycles. The van der Waals surface area contributed by atoms with Gasteiger partial charge in [-0.25, -0.2) is 0 Å². The first-order chi connectivity index (χ1) is 5.25. The number of halogens is 2. The third-order valence-electron chi connectivity index (χ3n) is 1.11. The molecular weight excluding hydrogens is 207 g/mol. The van der Waals surface area contributed by atoms with Crippen molar-refractivity contribution < 1.29 is 4.39 Å². The summed E-state index contributed by atoms with van der Waals surface area (Å²) in [6.07, 6.45) is -0.572. The van der Waals surface area contributed by atoms with E-state index in [1.54, 1.807) is 6.07 Å². The van der Waals surface area contributed by atoms with Crippen molar-refractivity contribution >= 4 is 46.7 Å². The lowest BCUT2D eigenvalue weighted by molar-refractivity contribution is 0.805. The van der Waals surface area contributed by atoms with Gasteiger partial charge in [-0.05, 0) is 6.07 Å². The number of hydrogen-bond acceptors (Lipinski definition) is 4. The van der Waals surface area contributed by atoms with Crippen LogP contribution < -0.4 is 5.32 Å². The highest BCUT2D eigenvalue weighted by molar-refractivity contribution is 8.00. The number of amidine groups is 1. The molecular formula is C5H2ClFN2S2. The van der Waals surface area contributed by atoms with Gasteiger partial charge in [-0.2, -0.15) is 8.79 Å². The molecule has 0 aromatic carbocycles. The molecule has 0 unspecified atom stereocenters. The van der Waals surface area contributed by atoms with Crippen LogP contribution in [-0.4, -0.2) is 6.09 Å². The van der Waals surface area contributed by atoms with Crippen LogP contribution in [0.4, 0.5) is 10.1 Å². The third-order valence-corrected chi connectivity index (χ3v) is 3.28. The zero-order valence-corrected chi connectivity index (χ0v) is 7.49. The summed E-state index contributed by atoms with van der Waals surface area (Å²) in [6.45, 7) is 0. The van der Waals surface area contributed by atoms with Crippen LogP contribution in [0.15, 0.2) is 14.7 Å². The first-order valence-corrected chi connectivity index (χ1v) is 4.69. The lowest BCUT2D eigenvalue weighted by Gasteiger charge is -2.05. The van der Waals surface area contributed by atoms with Gasteiger partial charge in [-0.15, -0.1) is 11.3 Å². The Kier molecular flexibility index (Phi) is 1.78. The summed E-state index contributed by atoms with van der Waals surface area (Å²) < 4.78 is 17.5. The maximum Gasteiger partial charge on any atom is 0.294 e. The van der Waals surface area contributed by atoms with E-state index >= 15 is 0 Å². The Morgan fingerprint density at radius 1 is 1.64 bits per heavy atom. The topological polar surface area (TPSA) is 24.4 Å². The molecule has 11 heavy (non-hydrogen) atoms. The highest BCUT2D eigenvalue weighted by atomic mass is 35.5. The molecule has 0 saturated heterocycles. The predicted molar refractivity (Wildman–Crippen MR) is 47.4 cm³/mol. The third kappa shape index (κ3) is 1.36. The quantitative estimate of drug-likeness (QED) is 0.523. The van der Waals surface area contributed by atoms with Crippen LogP contribution in [0, 0.1) is 0 Å². The Morgan fingerprint density at radius 3 is 3.27 bits per heavy atom. The van der Waals surface area contributed by atoms with Gasteiger partial charge in [-0.3, -0.25) is 0 Å². The van der Waals surface area contributed by atoms with Gasteiger partial charge in [0.15, 0.2) is 0 Å². The highest BCUT2D eigenvalue weighted by Crippen LogP contribution is 2.41. The van der Waals surface area contributed by atoms with E-state index in [0.29, 0.717) is 10.0 Å². The standard InChI is InChI=1S/C5H2ClFN2S2/c6-3-1-2-4(10-3)11-9-5(7)8-2/h1H,(H,8,9). The molecule has 0 fully saturated rings. The number of anilines is 1. The number of rotatable bonds is 0. The monoisotopic (exact) mass is 208 g/mol. The van der Waals surface area contributed by atoms with Crippen molar-refractivity contribution in [3.8, 4) is 0 Å². The molecule has 1 N–H and O–H groups in total. The Labute approximate surface area is 75.6 Å². The van der Waals surface area contributed by atoms with E-state index in [9.17, 15) is 4.39 Å². The molecule has 2 nitrogen and oxygen atoms in total. The second-order valence-corrected chi connectivity index (χ2v) is 4.57. The molecule has 0 aliphatic carbocycles. The molecule has 58 valence electrons. The maximum atomic E-state index is 12.5. The minimum absolute atomic E-state index is 0.572. The van der Waals surface area contributed by atoms with Gasteiger partial charge in [0.2, 0.25) is 0 Å². The van der Waals surface area contributed by atoms with Gasteiger partial charge < -0.3 is 5.32 Å². The molecule has 1 aliphatic heterocycles. The van der Waals surface area contributed by atoms with E-state index in [1.807, 2.05) is 0 Å². The largest absolute Gasteiger partial charge is 0.314 e. The van der Waals surface area contributed by atoms with Crippen LogP contribution in [0.5, 0.6) is 0 Å². The minimum Gasteiger partial charge on any atom is -0.314 e. The van der Waals surface area contributed by atoms with Gasteiger partial charge in [0.25, 0.3) is 6.09 Å². The first-order valence-electron chi connectivity index (χ1n) is 2.72. The summed E-state index contributed by atoms with van der Waals surface area (Å²) in [4.78, 5) is 0. The van der Waals surface area contributed by atoms with Crippen LogP contribution in [0.3, 0.4) is 0 Å². The fourth-order valence-corrected chi connectivity index (χ4v) is 2.71. The van der Waals surface area contributed by atoms with Crippen LogP contribution in [0.1, 0.15) is 0 Å². The van der Waals surface area contributed by atoms with E-state index < -0.39 is 6.09 Å². The average molecular weight is 209 g/mol. The molecule has 2 rings (SSSR count). The molecule has 0 atom stereocenters. The summed E-state index contributed by atoms with van der Waals surface area (Å²) in [5.74, 6) is 0. The summed E-state index contributed by atoms with van der Waals surface area (Å²) >= 11 is 8.18. The van der Waals surface area contributed by atoms with Crippen molar-refractivity contribution in [1.29, 1.82) is 0 Å². The Balaban J connectivity index is 2.40. The Morgan fingerprint density at radius 2 is 2.45 bits per heavy atom. The number of thiophene rings is 1. The van der Waals surface area contributed by atoms with Gasteiger partial charge in [0.1, 0.15) is 4.21 Å². The summed E-state index contributed by atoms with van der Waals surface area (Å²) in [5.41, 5.74) is 0.706. The minimum atomic E-state index is -0.572. The molecule has 1 aromatic heterocycles. The smallest absolute Gasteiger partial charge is 0.294 e. The zero-order chi connectivity index (χ0) is 7.84. The van der Waals surface area contributed by atoms with E-state index in [0.717, 1.165) is 16.2 Å². The molecule has 0 spiro atoms. The van der Waals surface area contributed by atoms with E-state index in [-0.39, 0.29) is 0 Å². The van der Waals surface area contributed by atoms with Gasteiger partial charge in [-0.1, -0.05) is 11.6 Å². The van der Waals surface area contributed by atoms with Crippen molar-refractivity contribution in [3.05, 3.63) is 10.4 Å². The molecule has 6 heteroatoms. The normalized spacial score (nSPS) is 15.3. The molecule has 0 radical (unpaired) electrons. The zero-order valence-electron chi connectivity index (χ0n) is 5.10. The second-order valence-electron chi connectivity index (χ2n) is 1.85. The lowest BCUT2D eigenvalue weighted by atomic mass is 10.5. The average Bonchev–Trinajstić information content (AvgIpc) is 2.27. The number of nitrogens with zero attached hydrogens (tertiary/aromatic N) is 1. The van der Waals surface area contributed by atoms with Crippen molar-refractivity contribution in [2.75, 3.05) is 5.32 Å². The first kappa shape index (κ1) is 7.39. The van der Waals surface area contributed by atoms with E-state index in [2.05, 4.69) is 9.71 Å². The van der Waals surface area contributed by atoms with Crippen molar-refractivity contribution in [1.82, 2.24) is 0 Å². The Hall–Kier alpha value is -0.260. The molecule has 1 aromatic rings. The van der Waals surface area contributed by atoms with E-state index in [4.69, 9.17) is 11.6 Å². The highest BCUT2D eigenvalue weighted by Gasteiger charge is 2.14. The summed E-state index contributed by atoms with van der Waals surface area (Å²) in [7, 11) is 0. The van der Waals surface area contributed by atoms with Crippen LogP contribution >= 0.6 is 34.9 Å². The van der Waals surface area contributed by atoms with Gasteiger partial charge in [0.05, 0.1) is 10.0 Å². The maximum absolute atomic E-state index is 12.5. The molecule has 1 aliphatic rings. The van der Waals surface area contributed by atoms with Crippen molar-refractivity contribution in [3.63, 3.8) is 0 Å². The van der Waals surface area contributed by atoms with Crippen molar-refractivity contribution in [2.45, 2.75) is 4.21 Å². The SMILES string of the molecule is FC1=NSc2sc(Cl)cc2N1.